The van der Waals surface area contributed by atoms with Crippen molar-refractivity contribution in [2.24, 2.45) is 12.2 Å². The predicted molar refractivity (Wildman–Crippen MR) is 72.8 cm³/mol. The van der Waals surface area contributed by atoms with Gasteiger partial charge in [0.25, 0.3) is 0 Å². The summed E-state index contributed by atoms with van der Waals surface area (Å²) in [5.74, 6) is 1.31. The zero-order chi connectivity index (χ0) is 14.4. The average Bonchev–Trinajstić information content (AvgIpc) is 2.89. The maximum Gasteiger partial charge on any atom is 0.212 e. The van der Waals surface area contributed by atoms with Gasteiger partial charge in [0.2, 0.25) is 5.82 Å². The molecular weight excluding hydrogens is 258 g/mol. The van der Waals surface area contributed by atoms with Gasteiger partial charge in [-0.25, -0.2) is 0 Å². The zero-order valence-corrected chi connectivity index (χ0v) is 11.5. The van der Waals surface area contributed by atoms with Crippen LogP contribution in [0.3, 0.4) is 0 Å². The lowest BCUT2D eigenvalue weighted by atomic mass is 10.1. The van der Waals surface area contributed by atoms with Crippen molar-refractivity contribution in [3.8, 4) is 5.75 Å². The molecular formula is C13H17N5O2. The molecule has 7 nitrogen and oxygen atoms in total. The van der Waals surface area contributed by atoms with E-state index in [1.807, 2.05) is 24.3 Å². The largest absolute Gasteiger partial charge is 0.485 e. The Morgan fingerprint density at radius 1 is 1.35 bits per heavy atom. The van der Waals surface area contributed by atoms with Crippen LogP contribution in [-0.4, -0.2) is 31.1 Å². The molecule has 7 heteroatoms. The number of hydrogen-bond donors (Lipinski definition) is 1. The van der Waals surface area contributed by atoms with Crippen LogP contribution in [0.2, 0.25) is 0 Å². The summed E-state index contributed by atoms with van der Waals surface area (Å²) in [6.07, 6.45) is 1.57. The van der Waals surface area contributed by atoms with Crippen LogP contribution in [0.15, 0.2) is 29.4 Å². The standard InChI is InChI=1S/C13H17N5O2/c1-10(16-19)3-4-11-5-7-12(8-6-11)20-9-13-14-17-18(2)15-13/h5-8,19H,3-4,9H2,1-2H3/b16-10-. The van der Waals surface area contributed by atoms with Crippen molar-refractivity contribution in [3.63, 3.8) is 0 Å². The highest BCUT2D eigenvalue weighted by Gasteiger charge is 2.02. The minimum Gasteiger partial charge on any atom is -0.485 e. The molecule has 106 valence electrons. The lowest BCUT2D eigenvalue weighted by molar-refractivity contribution is 0.295. The summed E-state index contributed by atoms with van der Waals surface area (Å²) in [5, 5.41) is 23.4. The molecule has 2 aromatic rings. The first-order valence-corrected chi connectivity index (χ1v) is 6.29. The van der Waals surface area contributed by atoms with Gasteiger partial charge in [0.15, 0.2) is 6.61 Å². The second kappa shape index (κ2) is 6.65. The van der Waals surface area contributed by atoms with Crippen LogP contribution in [0.5, 0.6) is 5.75 Å². The van der Waals surface area contributed by atoms with E-state index in [1.54, 1.807) is 14.0 Å². The molecule has 0 aliphatic rings. The van der Waals surface area contributed by atoms with E-state index in [1.165, 1.54) is 4.80 Å². The number of tetrazole rings is 1. The fourth-order valence-corrected chi connectivity index (χ4v) is 1.66. The minimum absolute atomic E-state index is 0.295. The van der Waals surface area contributed by atoms with Gasteiger partial charge in [-0.1, -0.05) is 17.3 Å². The van der Waals surface area contributed by atoms with Crippen molar-refractivity contribution in [3.05, 3.63) is 35.7 Å². The number of hydrogen-bond acceptors (Lipinski definition) is 6. The monoisotopic (exact) mass is 275 g/mol. The molecule has 0 atom stereocenters. The maximum atomic E-state index is 8.59. The van der Waals surface area contributed by atoms with E-state index in [4.69, 9.17) is 9.94 Å². The molecule has 0 aliphatic carbocycles. The van der Waals surface area contributed by atoms with Crippen LogP contribution >= 0.6 is 0 Å². The second-order valence-electron chi connectivity index (χ2n) is 4.46. The van der Waals surface area contributed by atoms with Gasteiger partial charge in [0.1, 0.15) is 5.75 Å². The van der Waals surface area contributed by atoms with Gasteiger partial charge < -0.3 is 9.94 Å². The molecule has 1 N–H and O–H groups in total. The molecule has 0 spiro atoms. The van der Waals surface area contributed by atoms with E-state index in [0.29, 0.717) is 12.4 Å². The molecule has 1 heterocycles. The fraction of sp³-hybridized carbons (Fsp3) is 0.385. The summed E-state index contributed by atoms with van der Waals surface area (Å²) >= 11 is 0. The number of aromatic nitrogens is 4. The second-order valence-corrected chi connectivity index (χ2v) is 4.46. The summed E-state index contributed by atoms with van der Waals surface area (Å²) in [6.45, 7) is 2.09. The van der Waals surface area contributed by atoms with Gasteiger partial charge >= 0.3 is 0 Å². The number of aryl methyl sites for hydroxylation is 2. The number of ether oxygens (including phenoxy) is 1. The van der Waals surface area contributed by atoms with Crippen molar-refractivity contribution in [2.75, 3.05) is 0 Å². The third-order valence-corrected chi connectivity index (χ3v) is 2.79. The summed E-state index contributed by atoms with van der Waals surface area (Å²) in [4.78, 5) is 1.40. The lowest BCUT2D eigenvalue weighted by Gasteiger charge is -2.05. The Kier molecular flexibility index (Phi) is 4.65. The Balaban J connectivity index is 1.85. The molecule has 0 fully saturated rings. The lowest BCUT2D eigenvalue weighted by Crippen LogP contribution is -1.99. The Labute approximate surface area is 116 Å². The molecule has 0 aliphatic heterocycles. The van der Waals surface area contributed by atoms with Crippen LogP contribution in [0.1, 0.15) is 24.7 Å². The average molecular weight is 275 g/mol. The van der Waals surface area contributed by atoms with Crippen molar-refractivity contribution in [1.29, 1.82) is 0 Å². The molecule has 0 saturated carbocycles. The third-order valence-electron chi connectivity index (χ3n) is 2.79. The molecule has 2 rings (SSSR count). The molecule has 0 unspecified atom stereocenters. The fourth-order valence-electron chi connectivity index (χ4n) is 1.66. The number of oxime groups is 1. The summed E-state index contributed by atoms with van der Waals surface area (Å²) in [6, 6.07) is 7.78. The van der Waals surface area contributed by atoms with E-state index in [0.717, 1.165) is 29.9 Å². The molecule has 0 saturated heterocycles. The van der Waals surface area contributed by atoms with E-state index in [-0.39, 0.29) is 0 Å². The maximum absolute atomic E-state index is 8.59. The van der Waals surface area contributed by atoms with Gasteiger partial charge in [-0.3, -0.25) is 0 Å². The number of nitrogens with zero attached hydrogens (tertiary/aromatic N) is 5. The Bertz CT molecular complexity index is 577. The number of benzene rings is 1. The Morgan fingerprint density at radius 2 is 2.10 bits per heavy atom. The normalized spacial score (nSPS) is 11.6. The van der Waals surface area contributed by atoms with Crippen LogP contribution < -0.4 is 4.74 Å². The van der Waals surface area contributed by atoms with Crippen molar-refractivity contribution >= 4 is 5.71 Å². The minimum atomic E-state index is 0.295. The highest BCUT2D eigenvalue weighted by molar-refractivity contribution is 5.81. The quantitative estimate of drug-likeness (QED) is 0.491. The highest BCUT2D eigenvalue weighted by Crippen LogP contribution is 2.14. The molecule has 1 aromatic heterocycles. The van der Waals surface area contributed by atoms with Crippen molar-refractivity contribution in [1.82, 2.24) is 20.2 Å². The first kappa shape index (κ1) is 14.0. The molecule has 20 heavy (non-hydrogen) atoms. The highest BCUT2D eigenvalue weighted by atomic mass is 16.5. The van der Waals surface area contributed by atoms with Crippen molar-refractivity contribution < 1.29 is 9.94 Å². The third kappa shape index (κ3) is 4.04. The zero-order valence-electron chi connectivity index (χ0n) is 11.5. The van der Waals surface area contributed by atoms with Crippen LogP contribution in [0.25, 0.3) is 0 Å². The Hall–Kier alpha value is -2.44. The summed E-state index contributed by atoms with van der Waals surface area (Å²) in [5.41, 5.74) is 1.89. The summed E-state index contributed by atoms with van der Waals surface area (Å²) < 4.78 is 5.57. The first-order chi connectivity index (χ1) is 9.67. The SMILES string of the molecule is C/C(CCc1ccc(OCc2nnn(C)n2)cc1)=N/O. The molecule has 0 bridgehead atoms. The van der Waals surface area contributed by atoms with Crippen molar-refractivity contribution in [2.45, 2.75) is 26.4 Å². The van der Waals surface area contributed by atoms with E-state index in [2.05, 4.69) is 20.6 Å². The first-order valence-electron chi connectivity index (χ1n) is 6.29. The number of rotatable bonds is 6. The van der Waals surface area contributed by atoms with Crippen LogP contribution in [-0.2, 0) is 20.1 Å². The topological polar surface area (TPSA) is 85.4 Å². The van der Waals surface area contributed by atoms with Gasteiger partial charge in [0, 0.05) is 0 Å². The molecule has 0 amide bonds. The van der Waals surface area contributed by atoms with Gasteiger partial charge in [-0.05, 0) is 42.7 Å². The predicted octanol–water partition coefficient (Wildman–Crippen LogP) is 1.57. The Morgan fingerprint density at radius 3 is 2.70 bits per heavy atom. The smallest absolute Gasteiger partial charge is 0.212 e. The van der Waals surface area contributed by atoms with E-state index >= 15 is 0 Å². The van der Waals surface area contributed by atoms with Crippen LogP contribution in [0.4, 0.5) is 0 Å². The van der Waals surface area contributed by atoms with Gasteiger partial charge in [-0.2, -0.15) is 4.80 Å². The van der Waals surface area contributed by atoms with Gasteiger partial charge in [0.05, 0.1) is 12.8 Å². The van der Waals surface area contributed by atoms with Crippen LogP contribution in [0, 0.1) is 0 Å². The molecule has 1 aromatic carbocycles. The molecule has 0 radical (unpaired) electrons. The van der Waals surface area contributed by atoms with Gasteiger partial charge in [-0.15, -0.1) is 10.2 Å². The summed E-state index contributed by atoms with van der Waals surface area (Å²) in [7, 11) is 1.71. The van der Waals surface area contributed by atoms with E-state index in [9.17, 15) is 0 Å². The van der Waals surface area contributed by atoms with E-state index < -0.39 is 0 Å².